The minimum absolute atomic E-state index is 0.0861. The molecule has 2 nitrogen and oxygen atoms in total. The number of benzene rings is 1. The van der Waals surface area contributed by atoms with E-state index in [0.717, 1.165) is 23.5 Å². The lowest BCUT2D eigenvalue weighted by Gasteiger charge is -2.16. The van der Waals surface area contributed by atoms with E-state index in [1.807, 2.05) is 25.1 Å². The van der Waals surface area contributed by atoms with E-state index in [2.05, 4.69) is 19.9 Å². The Bertz CT molecular complexity index is 430. The van der Waals surface area contributed by atoms with E-state index >= 15 is 0 Å². The molecule has 0 unspecified atom stereocenters. The zero-order chi connectivity index (χ0) is 11.8. The lowest BCUT2D eigenvalue weighted by molar-refractivity contribution is 0.291. The van der Waals surface area contributed by atoms with Crippen LogP contribution in [0.4, 0.5) is 0 Å². The zero-order valence-electron chi connectivity index (χ0n) is 10.1. The van der Waals surface area contributed by atoms with E-state index in [9.17, 15) is 0 Å². The van der Waals surface area contributed by atoms with Crippen molar-refractivity contribution < 1.29 is 9.84 Å². The van der Waals surface area contributed by atoms with Gasteiger partial charge >= 0.3 is 0 Å². The van der Waals surface area contributed by atoms with Gasteiger partial charge in [0.2, 0.25) is 0 Å². The summed E-state index contributed by atoms with van der Waals surface area (Å²) < 4.78 is 5.64. The number of hydrogen-bond donors (Lipinski definition) is 1. The van der Waals surface area contributed by atoms with E-state index in [0.29, 0.717) is 0 Å². The molecule has 86 valence electrons. The van der Waals surface area contributed by atoms with E-state index < -0.39 is 0 Å². The van der Waals surface area contributed by atoms with Crippen molar-refractivity contribution in [3.63, 3.8) is 0 Å². The molecular formula is C14H18O2. The van der Waals surface area contributed by atoms with Crippen molar-refractivity contribution in [1.82, 2.24) is 0 Å². The molecule has 1 aromatic carbocycles. The van der Waals surface area contributed by atoms with Crippen molar-refractivity contribution in [2.24, 2.45) is 0 Å². The van der Waals surface area contributed by atoms with Crippen LogP contribution >= 0.6 is 0 Å². The molecule has 1 aliphatic rings. The molecule has 1 heterocycles. The molecule has 0 bridgehead atoms. The van der Waals surface area contributed by atoms with Crippen molar-refractivity contribution in [1.29, 1.82) is 0 Å². The first-order chi connectivity index (χ1) is 7.54. The van der Waals surface area contributed by atoms with Gasteiger partial charge in [0.05, 0.1) is 13.2 Å². The molecule has 16 heavy (non-hydrogen) atoms. The highest BCUT2D eigenvalue weighted by molar-refractivity contribution is 5.66. The van der Waals surface area contributed by atoms with E-state index in [4.69, 9.17) is 9.84 Å². The normalized spacial score (nSPS) is 18.1. The predicted octanol–water partition coefficient (Wildman–Crippen LogP) is 2.75. The van der Waals surface area contributed by atoms with Crippen LogP contribution < -0.4 is 4.74 Å². The second-order valence-corrected chi connectivity index (χ2v) is 4.95. The van der Waals surface area contributed by atoms with Gasteiger partial charge in [0.1, 0.15) is 5.75 Å². The SMILES string of the molecule is C/C(=C/CO)c1ccc2c(c1)C(C)(C)CO2. The fourth-order valence-electron chi connectivity index (χ4n) is 2.02. The molecule has 0 aromatic heterocycles. The maximum Gasteiger partial charge on any atom is 0.123 e. The Morgan fingerprint density at radius 3 is 2.94 bits per heavy atom. The number of aliphatic hydroxyl groups is 1. The predicted molar refractivity (Wildman–Crippen MR) is 65.7 cm³/mol. The minimum atomic E-state index is 0.0861. The lowest BCUT2D eigenvalue weighted by atomic mass is 9.85. The quantitative estimate of drug-likeness (QED) is 0.827. The first kappa shape index (κ1) is 11.2. The maximum absolute atomic E-state index is 8.89. The van der Waals surface area contributed by atoms with Crippen molar-refractivity contribution in [2.75, 3.05) is 13.2 Å². The van der Waals surface area contributed by atoms with Crippen molar-refractivity contribution in [3.05, 3.63) is 35.4 Å². The summed E-state index contributed by atoms with van der Waals surface area (Å²) in [5.41, 5.74) is 3.61. The molecule has 1 aromatic rings. The number of rotatable bonds is 2. The Hall–Kier alpha value is -1.28. The van der Waals surface area contributed by atoms with Crippen molar-refractivity contribution in [3.8, 4) is 5.75 Å². The van der Waals surface area contributed by atoms with Crippen LogP contribution in [-0.4, -0.2) is 18.3 Å². The zero-order valence-corrected chi connectivity index (χ0v) is 10.1. The molecule has 0 amide bonds. The van der Waals surface area contributed by atoms with Gasteiger partial charge in [-0.25, -0.2) is 0 Å². The van der Waals surface area contributed by atoms with Crippen LogP contribution in [-0.2, 0) is 5.41 Å². The number of hydrogen-bond acceptors (Lipinski definition) is 2. The molecular weight excluding hydrogens is 200 g/mol. The van der Waals surface area contributed by atoms with Gasteiger partial charge < -0.3 is 9.84 Å². The summed E-state index contributed by atoms with van der Waals surface area (Å²) in [5, 5.41) is 8.89. The molecule has 0 spiro atoms. The lowest BCUT2D eigenvalue weighted by Crippen LogP contribution is -2.18. The Morgan fingerprint density at radius 1 is 1.50 bits per heavy atom. The van der Waals surface area contributed by atoms with Gasteiger partial charge in [-0.15, -0.1) is 0 Å². The Balaban J connectivity index is 2.43. The standard InChI is InChI=1S/C14H18O2/c1-10(6-7-15)11-4-5-13-12(8-11)14(2,3)9-16-13/h4-6,8,15H,7,9H2,1-3H3/b10-6-. The van der Waals surface area contributed by atoms with Gasteiger partial charge in [-0.1, -0.05) is 26.0 Å². The molecule has 2 heteroatoms. The summed E-state index contributed by atoms with van der Waals surface area (Å²) in [6.45, 7) is 7.22. The third-order valence-electron chi connectivity index (χ3n) is 3.15. The summed E-state index contributed by atoms with van der Waals surface area (Å²) in [4.78, 5) is 0. The third kappa shape index (κ3) is 1.85. The molecule has 1 aliphatic heterocycles. The minimum Gasteiger partial charge on any atom is -0.492 e. The van der Waals surface area contributed by atoms with Gasteiger partial charge in [-0.05, 0) is 30.2 Å². The molecule has 0 radical (unpaired) electrons. The van der Waals surface area contributed by atoms with Gasteiger partial charge in [0.25, 0.3) is 0 Å². The Kier molecular flexibility index (Phi) is 2.76. The molecule has 0 saturated carbocycles. The summed E-state index contributed by atoms with van der Waals surface area (Å²) in [5.74, 6) is 0.991. The summed E-state index contributed by atoms with van der Waals surface area (Å²) in [6.07, 6.45) is 1.82. The largest absolute Gasteiger partial charge is 0.492 e. The third-order valence-corrected chi connectivity index (χ3v) is 3.15. The molecule has 0 saturated heterocycles. The number of aliphatic hydroxyl groups excluding tert-OH is 1. The number of allylic oxidation sites excluding steroid dienone is 1. The average Bonchev–Trinajstić information content (AvgIpc) is 2.55. The van der Waals surface area contributed by atoms with Gasteiger partial charge in [-0.3, -0.25) is 0 Å². The van der Waals surface area contributed by atoms with Crippen LogP contribution in [0.1, 0.15) is 31.9 Å². The molecule has 2 rings (SSSR count). The molecule has 0 atom stereocenters. The first-order valence-corrected chi connectivity index (χ1v) is 5.60. The van der Waals surface area contributed by atoms with Crippen LogP contribution in [0, 0.1) is 0 Å². The van der Waals surface area contributed by atoms with Gasteiger partial charge in [0, 0.05) is 11.0 Å². The smallest absolute Gasteiger partial charge is 0.123 e. The second kappa shape index (κ2) is 3.95. The summed E-state index contributed by atoms with van der Waals surface area (Å²) in [6, 6.07) is 6.24. The van der Waals surface area contributed by atoms with Crippen molar-refractivity contribution in [2.45, 2.75) is 26.2 Å². The van der Waals surface area contributed by atoms with Crippen LogP contribution in [0.15, 0.2) is 24.3 Å². The second-order valence-electron chi connectivity index (χ2n) is 4.95. The van der Waals surface area contributed by atoms with Crippen molar-refractivity contribution >= 4 is 5.57 Å². The molecule has 0 aliphatic carbocycles. The van der Waals surface area contributed by atoms with E-state index in [-0.39, 0.29) is 12.0 Å². The van der Waals surface area contributed by atoms with Crippen LogP contribution in [0.5, 0.6) is 5.75 Å². The molecule has 1 N–H and O–H groups in total. The highest BCUT2D eigenvalue weighted by Crippen LogP contribution is 2.39. The fourth-order valence-corrected chi connectivity index (χ4v) is 2.02. The van der Waals surface area contributed by atoms with E-state index in [1.165, 1.54) is 5.56 Å². The van der Waals surface area contributed by atoms with E-state index in [1.54, 1.807) is 0 Å². The topological polar surface area (TPSA) is 29.5 Å². The summed E-state index contributed by atoms with van der Waals surface area (Å²) in [7, 11) is 0. The van der Waals surface area contributed by atoms with Gasteiger partial charge in [-0.2, -0.15) is 0 Å². The average molecular weight is 218 g/mol. The fraction of sp³-hybridized carbons (Fsp3) is 0.429. The number of fused-ring (bicyclic) bond motifs is 1. The van der Waals surface area contributed by atoms with Crippen LogP contribution in [0.2, 0.25) is 0 Å². The Morgan fingerprint density at radius 2 is 2.25 bits per heavy atom. The van der Waals surface area contributed by atoms with Crippen LogP contribution in [0.25, 0.3) is 5.57 Å². The first-order valence-electron chi connectivity index (χ1n) is 5.60. The monoisotopic (exact) mass is 218 g/mol. The number of ether oxygens (including phenoxy) is 1. The summed E-state index contributed by atoms with van der Waals surface area (Å²) >= 11 is 0. The van der Waals surface area contributed by atoms with Crippen LogP contribution in [0.3, 0.4) is 0 Å². The Labute approximate surface area is 96.6 Å². The maximum atomic E-state index is 8.89. The van der Waals surface area contributed by atoms with Gasteiger partial charge in [0.15, 0.2) is 0 Å². The highest BCUT2D eigenvalue weighted by atomic mass is 16.5. The highest BCUT2D eigenvalue weighted by Gasteiger charge is 2.31. The molecule has 0 fully saturated rings.